The fourth-order valence-corrected chi connectivity index (χ4v) is 5.03. The molecule has 1 aromatic heterocycles. The summed E-state index contributed by atoms with van der Waals surface area (Å²) in [4.78, 5) is 0. The number of hydrogen-bond acceptors (Lipinski definition) is 5. The maximum absolute atomic E-state index is 12.7. The summed E-state index contributed by atoms with van der Waals surface area (Å²) in [6.45, 7) is 6.85. The first-order chi connectivity index (χ1) is 9.82. The van der Waals surface area contributed by atoms with Crippen molar-refractivity contribution in [3.05, 3.63) is 11.3 Å². The van der Waals surface area contributed by atoms with E-state index in [0.717, 1.165) is 5.69 Å². The van der Waals surface area contributed by atoms with Crippen LogP contribution in [0.5, 0.6) is 0 Å². The highest BCUT2D eigenvalue weighted by Crippen LogP contribution is 2.21. The molecule has 1 aromatic rings. The van der Waals surface area contributed by atoms with Crippen molar-refractivity contribution in [2.45, 2.75) is 38.4 Å². The monoisotopic (exact) mass is 334 g/mol. The molecule has 2 N–H and O–H groups in total. The largest absolute Gasteiger partial charge is 0.310 e. The minimum atomic E-state index is -3.63. The maximum Gasteiger partial charge on any atom is 0.262 e. The molecule has 2 heterocycles. The zero-order chi connectivity index (χ0) is 15.6. The zero-order valence-electron chi connectivity index (χ0n) is 12.5. The van der Waals surface area contributed by atoms with Crippen molar-refractivity contribution in [3.63, 3.8) is 0 Å². The van der Waals surface area contributed by atoms with E-state index in [1.807, 2.05) is 20.8 Å². The van der Waals surface area contributed by atoms with Crippen molar-refractivity contribution in [1.29, 1.82) is 0 Å². The molecule has 0 saturated carbocycles. The molecule has 1 saturated heterocycles. The lowest BCUT2D eigenvalue weighted by molar-refractivity contribution is 0.435. The molecule has 0 atom stereocenters. The molecule has 0 amide bonds. The summed E-state index contributed by atoms with van der Waals surface area (Å²) >= 11 is 0. The van der Waals surface area contributed by atoms with Crippen LogP contribution >= 0.6 is 0 Å². The third-order valence-electron chi connectivity index (χ3n) is 3.44. The molecule has 0 unspecified atom stereocenters. The van der Waals surface area contributed by atoms with Crippen LogP contribution in [0.3, 0.4) is 0 Å². The first kappa shape index (κ1) is 16.6. The van der Waals surface area contributed by atoms with Crippen LogP contribution in [0.2, 0.25) is 0 Å². The van der Waals surface area contributed by atoms with E-state index < -0.39 is 20.8 Å². The number of nitrogens with zero attached hydrogens (tertiary/aromatic N) is 2. The minimum absolute atomic E-state index is 0.0841. The van der Waals surface area contributed by atoms with Crippen LogP contribution in [-0.4, -0.2) is 57.8 Å². The molecule has 120 valence electrons. The second kappa shape index (κ2) is 6.55. The van der Waals surface area contributed by atoms with Gasteiger partial charge in [-0.25, -0.2) is 8.42 Å². The van der Waals surface area contributed by atoms with Crippen LogP contribution in [0, 0.1) is 6.92 Å². The van der Waals surface area contributed by atoms with Gasteiger partial charge in [0, 0.05) is 59.2 Å². The van der Waals surface area contributed by atoms with Gasteiger partial charge in [0.15, 0.2) is 5.03 Å². The number of rotatable bonds is 5. The van der Waals surface area contributed by atoms with E-state index in [2.05, 4.69) is 15.5 Å². The van der Waals surface area contributed by atoms with E-state index in [1.54, 1.807) is 0 Å². The number of aromatic nitrogens is 2. The molecular formula is C12H22N4O3S2. The third kappa shape index (κ3) is 3.71. The first-order valence-corrected chi connectivity index (χ1v) is 9.87. The van der Waals surface area contributed by atoms with Gasteiger partial charge in [-0.1, -0.05) is 13.8 Å². The Labute approximate surface area is 128 Å². The molecule has 0 spiro atoms. The van der Waals surface area contributed by atoms with Gasteiger partial charge >= 0.3 is 0 Å². The first-order valence-electron chi connectivity index (χ1n) is 6.94. The Kier molecular flexibility index (Phi) is 5.18. The molecule has 2 rings (SSSR count). The summed E-state index contributed by atoms with van der Waals surface area (Å²) in [5.41, 5.74) is 1.43. The predicted octanol–water partition coefficient (Wildman–Crippen LogP) is -0.0309. The third-order valence-corrected chi connectivity index (χ3v) is 6.59. The summed E-state index contributed by atoms with van der Waals surface area (Å²) in [5, 5.41) is 10.1. The van der Waals surface area contributed by atoms with Crippen LogP contribution in [0.25, 0.3) is 0 Å². The highest BCUT2D eigenvalue weighted by molar-refractivity contribution is 7.89. The molecular weight excluding hydrogens is 312 g/mol. The van der Waals surface area contributed by atoms with Crippen LogP contribution in [0.1, 0.15) is 25.1 Å². The smallest absolute Gasteiger partial charge is 0.262 e. The number of hydrogen-bond donors (Lipinski definition) is 2. The number of aryl methyl sites for hydroxylation is 1. The lowest BCUT2D eigenvalue weighted by Gasteiger charge is -2.25. The normalized spacial score (nSPS) is 18.5. The van der Waals surface area contributed by atoms with Gasteiger partial charge in [0.25, 0.3) is 10.0 Å². The molecule has 7 nitrogen and oxygen atoms in total. The number of sulfonamides is 1. The predicted molar refractivity (Wildman–Crippen MR) is 81.9 cm³/mol. The van der Waals surface area contributed by atoms with Gasteiger partial charge in [0.1, 0.15) is 0 Å². The topological polar surface area (TPSA) is 95.2 Å². The molecule has 9 heteroatoms. The maximum atomic E-state index is 12.7. The van der Waals surface area contributed by atoms with Gasteiger partial charge in [0.05, 0.1) is 0 Å². The minimum Gasteiger partial charge on any atom is -0.310 e. The van der Waals surface area contributed by atoms with E-state index in [0.29, 0.717) is 23.6 Å². The van der Waals surface area contributed by atoms with Gasteiger partial charge in [-0.15, -0.1) is 0 Å². The van der Waals surface area contributed by atoms with E-state index in [1.165, 1.54) is 4.31 Å². The van der Waals surface area contributed by atoms with Crippen LogP contribution in [0.4, 0.5) is 0 Å². The Morgan fingerprint density at radius 1 is 1.38 bits per heavy atom. The van der Waals surface area contributed by atoms with E-state index in [4.69, 9.17) is 0 Å². The Balaban J connectivity index is 2.26. The Morgan fingerprint density at radius 3 is 2.57 bits per heavy atom. The van der Waals surface area contributed by atoms with Crippen molar-refractivity contribution in [3.8, 4) is 0 Å². The molecule has 1 aliphatic heterocycles. The zero-order valence-corrected chi connectivity index (χ0v) is 14.2. The van der Waals surface area contributed by atoms with Gasteiger partial charge in [0.2, 0.25) is 0 Å². The highest BCUT2D eigenvalue weighted by Gasteiger charge is 2.32. The van der Waals surface area contributed by atoms with Crippen LogP contribution < -0.4 is 5.32 Å². The van der Waals surface area contributed by atoms with Crippen molar-refractivity contribution in [2.75, 3.05) is 24.6 Å². The molecule has 1 fully saturated rings. The van der Waals surface area contributed by atoms with E-state index >= 15 is 0 Å². The molecule has 1 aliphatic rings. The molecule has 0 bridgehead atoms. The standard InChI is InChI=1S/C12H22N4O3S2/c1-9(2)13-8-11-10(3)14-15-12(11)21(18,19)16-4-6-20(17)7-5-16/h9,13H,4-8H2,1-3H3,(H,14,15). The molecule has 21 heavy (non-hydrogen) atoms. The summed E-state index contributed by atoms with van der Waals surface area (Å²) in [7, 11) is -4.54. The Bertz CT molecular complexity index is 614. The summed E-state index contributed by atoms with van der Waals surface area (Å²) in [6, 6.07) is 0.257. The summed E-state index contributed by atoms with van der Waals surface area (Å²) < 4.78 is 38.1. The van der Waals surface area contributed by atoms with Crippen molar-refractivity contribution in [1.82, 2.24) is 19.8 Å². The number of nitrogens with one attached hydrogen (secondary N) is 2. The second-order valence-electron chi connectivity index (χ2n) is 5.42. The van der Waals surface area contributed by atoms with Crippen LogP contribution in [-0.2, 0) is 27.4 Å². The van der Waals surface area contributed by atoms with Crippen molar-refractivity contribution < 1.29 is 12.6 Å². The Hall–Kier alpha value is -0.770. The number of aromatic amines is 1. The fraction of sp³-hybridized carbons (Fsp3) is 0.750. The van der Waals surface area contributed by atoms with Gasteiger partial charge in [-0.3, -0.25) is 9.31 Å². The molecule has 0 aliphatic carbocycles. The SMILES string of the molecule is Cc1[nH]nc(S(=O)(=O)N2CCS(=O)CC2)c1CNC(C)C. The molecule has 0 radical (unpaired) electrons. The number of H-pyrrole nitrogens is 1. The average molecular weight is 334 g/mol. The van der Waals surface area contributed by atoms with E-state index in [9.17, 15) is 12.6 Å². The van der Waals surface area contributed by atoms with Crippen molar-refractivity contribution >= 4 is 20.8 Å². The second-order valence-corrected chi connectivity index (χ2v) is 8.97. The quantitative estimate of drug-likeness (QED) is 0.788. The van der Waals surface area contributed by atoms with Gasteiger partial charge in [-0.05, 0) is 6.92 Å². The molecule has 0 aromatic carbocycles. The lowest BCUT2D eigenvalue weighted by Crippen LogP contribution is -2.42. The van der Waals surface area contributed by atoms with Gasteiger partial charge in [-0.2, -0.15) is 9.40 Å². The van der Waals surface area contributed by atoms with Crippen LogP contribution in [0.15, 0.2) is 5.03 Å². The fourth-order valence-electron chi connectivity index (χ4n) is 2.14. The average Bonchev–Trinajstić information content (AvgIpc) is 2.78. The van der Waals surface area contributed by atoms with E-state index in [-0.39, 0.29) is 24.2 Å². The Morgan fingerprint density at radius 2 is 2.00 bits per heavy atom. The van der Waals surface area contributed by atoms with Gasteiger partial charge < -0.3 is 5.32 Å². The lowest BCUT2D eigenvalue weighted by atomic mass is 10.2. The van der Waals surface area contributed by atoms with Crippen molar-refractivity contribution in [2.24, 2.45) is 0 Å². The highest BCUT2D eigenvalue weighted by atomic mass is 32.2. The summed E-state index contributed by atoms with van der Waals surface area (Å²) in [6.07, 6.45) is 0. The summed E-state index contributed by atoms with van der Waals surface area (Å²) in [5.74, 6) is 0.782.